The van der Waals surface area contributed by atoms with Gasteiger partial charge in [0.25, 0.3) is 0 Å². The van der Waals surface area contributed by atoms with E-state index in [1.165, 1.54) is 44.1 Å². The van der Waals surface area contributed by atoms with Crippen LogP contribution < -0.4 is 11.5 Å². The molecule has 2 heterocycles. The summed E-state index contributed by atoms with van der Waals surface area (Å²) in [5, 5.41) is 62.8. The number of hydrogen-bond donors (Lipinski definition) is 7. The summed E-state index contributed by atoms with van der Waals surface area (Å²) >= 11 is 0. The van der Waals surface area contributed by atoms with Crippen molar-refractivity contribution in [3.63, 3.8) is 0 Å². The summed E-state index contributed by atoms with van der Waals surface area (Å²) in [6.45, 7) is 6.97. The summed E-state index contributed by atoms with van der Waals surface area (Å²) in [5.74, 6) is 0.0597. The lowest BCUT2D eigenvalue weighted by atomic mass is 9.41. The third-order valence-electron chi connectivity index (χ3n) is 20.7. The second-order valence-corrected chi connectivity index (χ2v) is 26.6. The first-order chi connectivity index (χ1) is 31.1. The van der Waals surface area contributed by atoms with E-state index >= 15 is 0 Å². The molecule has 1 saturated heterocycles. The highest BCUT2D eigenvalue weighted by Gasteiger charge is 2.75. The van der Waals surface area contributed by atoms with Crippen LogP contribution in [0.1, 0.15) is 130 Å². The van der Waals surface area contributed by atoms with Crippen molar-refractivity contribution in [2.24, 2.45) is 91.4 Å². The van der Waals surface area contributed by atoms with E-state index in [0.29, 0.717) is 41.4 Å². The highest BCUT2D eigenvalue weighted by Crippen LogP contribution is 2.74. The van der Waals surface area contributed by atoms with Crippen molar-refractivity contribution in [2.75, 3.05) is 24.7 Å². The van der Waals surface area contributed by atoms with Crippen molar-refractivity contribution in [1.29, 1.82) is 0 Å². The second-order valence-electron chi connectivity index (χ2n) is 24.0. The van der Waals surface area contributed by atoms with Crippen LogP contribution in [0, 0.1) is 74.9 Å². The van der Waals surface area contributed by atoms with Gasteiger partial charge in [0.1, 0.15) is 0 Å². The molecule has 7 fully saturated rings. The Hall–Kier alpha value is -2.13. The number of guanidine groups is 1. The lowest BCUT2D eigenvalue weighted by molar-refractivity contribution is -0.185. The molecule has 9 aliphatic carbocycles. The number of fused-ring (bicyclic) bond motifs is 14. The van der Waals surface area contributed by atoms with Gasteiger partial charge >= 0.3 is 0 Å². The maximum atomic E-state index is 14.6. The summed E-state index contributed by atoms with van der Waals surface area (Å²) in [6, 6.07) is 0.160. The van der Waals surface area contributed by atoms with Gasteiger partial charge in [-0.1, -0.05) is 77.5 Å². The average molecular weight is 930 g/mol. The number of aliphatic imine (C=N–C) groups is 1. The molecule has 356 valence electrons. The van der Waals surface area contributed by atoms with Gasteiger partial charge in [0.2, 0.25) is 0 Å². The number of aliphatic hydroxyl groups is 5. The molecular formula is C52H75N5O6S2. The summed E-state index contributed by atoms with van der Waals surface area (Å²) in [4.78, 5) is 23.8. The van der Waals surface area contributed by atoms with Crippen molar-refractivity contribution >= 4 is 33.3 Å². The Labute approximate surface area is 393 Å². The molecule has 4 bridgehead atoms. The first kappa shape index (κ1) is 45.3. The van der Waals surface area contributed by atoms with Crippen molar-refractivity contribution in [3.05, 3.63) is 52.7 Å². The Balaban J connectivity index is 1.11. The van der Waals surface area contributed by atoms with Crippen LogP contribution >= 0.6 is 21.6 Å². The molecule has 65 heavy (non-hydrogen) atoms. The molecule has 1 spiro atoms. The number of rotatable bonds is 4. The van der Waals surface area contributed by atoms with Gasteiger partial charge in [-0.2, -0.15) is 0 Å². The molecule has 0 amide bonds. The normalized spacial score (nSPS) is 46.4. The molecule has 11 rings (SSSR count). The Morgan fingerprint density at radius 3 is 2.43 bits per heavy atom. The van der Waals surface area contributed by atoms with Crippen molar-refractivity contribution in [1.82, 2.24) is 9.55 Å². The molecule has 0 unspecified atom stereocenters. The van der Waals surface area contributed by atoms with E-state index in [4.69, 9.17) is 11.5 Å². The van der Waals surface area contributed by atoms with Crippen LogP contribution in [0.25, 0.3) is 0 Å². The largest absolute Gasteiger partial charge is 0.396 e. The number of carbonyl (C=O) groups excluding carboxylic acids is 1. The van der Waals surface area contributed by atoms with Crippen LogP contribution in [0.3, 0.4) is 0 Å². The van der Waals surface area contributed by atoms with Gasteiger partial charge < -0.3 is 41.6 Å². The molecular weight excluding hydrogens is 855 g/mol. The molecule has 16 atom stereocenters. The first-order valence-corrected chi connectivity index (χ1v) is 27.9. The highest BCUT2D eigenvalue weighted by atomic mass is 33.1. The fourth-order valence-electron chi connectivity index (χ4n) is 18.6. The molecule has 6 saturated carbocycles. The van der Waals surface area contributed by atoms with Crippen LogP contribution in [-0.4, -0.2) is 95.4 Å². The van der Waals surface area contributed by atoms with Crippen molar-refractivity contribution in [2.45, 2.75) is 153 Å². The molecule has 0 aromatic carbocycles. The van der Waals surface area contributed by atoms with Crippen LogP contribution in [-0.2, 0) is 4.79 Å². The third kappa shape index (κ3) is 6.56. The van der Waals surface area contributed by atoms with Gasteiger partial charge in [-0.15, -0.1) is 0 Å². The lowest BCUT2D eigenvalue weighted by Crippen LogP contribution is -2.67. The molecule has 9 N–H and O–H groups in total. The number of carbonyl (C=O) groups is 1. The van der Waals surface area contributed by atoms with Gasteiger partial charge in [0.15, 0.2) is 11.7 Å². The molecule has 0 radical (unpaired) electrons. The standard InChI is InChI=1S/C52H75N5O6S2/c1-48(2)21-31(57-15-14-55-27-57)25-65-64-24-30-17-35(34-16-28-8-6-9-32-41(28)42(46(34)62)45(48)33-10-7-13-50(44(32)33)11-4-5-12-50)51(26-58)20-29(23-56-47(53)54)43-37(52(30,51)63)19-38(59)36-18-39(60)40(61)22-49(36,43)3/h14-15,19,27-31,34-36,39-40,42-44,46,58,60-63H,4-13,16-18,20-26H2,1-3H3,(H4,53,54,56)/t28-,29-,30-,31-,34-,35+,36-,39+,40-,42+,43-,44-,46-,49-,51-,52+/m0/s1. The highest BCUT2D eigenvalue weighted by molar-refractivity contribution is 8.76. The van der Waals surface area contributed by atoms with Gasteiger partial charge in [-0.05, 0) is 147 Å². The summed E-state index contributed by atoms with van der Waals surface area (Å²) < 4.78 is 2.30. The van der Waals surface area contributed by atoms with E-state index in [9.17, 15) is 30.3 Å². The summed E-state index contributed by atoms with van der Waals surface area (Å²) in [6.07, 6.45) is 20.3. The second kappa shape index (κ2) is 16.2. The average Bonchev–Trinajstić information content (AvgIpc) is 4.03. The Kier molecular flexibility index (Phi) is 11.3. The quantitative estimate of drug-likeness (QED) is 0.0717. The number of imidazole rings is 1. The SMILES string of the molecule is CC1(C)C[C@H](n2ccnc2)CSSC[C@@H]2C[C@H]([C@@H]3C[C@@H]4CCCC5=C4[C@H](C1=C1CCCC4(CCCC4)[C@@H]51)[C@H]3O)[C@@]1(CO)C[C@@H](CN=C(N)N)[C@H]3C(=CC(=O)[C@@H]4C[C@@H](O)[C@@H](O)C[C@]34C)[C@]21O. The minimum atomic E-state index is -1.57. The third-order valence-corrected chi connectivity index (χ3v) is 23.2. The molecule has 13 heteroatoms. The first-order valence-electron chi connectivity index (χ1n) is 25.5. The number of hydrogen-bond acceptors (Lipinski definition) is 10. The van der Waals surface area contributed by atoms with Crippen molar-refractivity contribution in [3.8, 4) is 0 Å². The zero-order chi connectivity index (χ0) is 45.4. The number of allylic oxidation sites excluding steroid dienone is 3. The molecule has 11 nitrogen and oxygen atoms in total. The van der Waals surface area contributed by atoms with E-state index in [-0.39, 0.29) is 84.7 Å². The molecule has 10 aliphatic rings. The molecule has 1 aliphatic heterocycles. The maximum absolute atomic E-state index is 14.6. The number of nitrogens with two attached hydrogens (primary N) is 2. The number of aliphatic hydroxyl groups excluding tert-OH is 4. The number of ketones is 1. The summed E-state index contributed by atoms with van der Waals surface area (Å²) in [5.41, 5.74) is 15.9. The minimum absolute atomic E-state index is 0.0353. The Morgan fingerprint density at radius 2 is 1.69 bits per heavy atom. The van der Waals surface area contributed by atoms with Gasteiger partial charge in [0.05, 0.1) is 36.8 Å². The zero-order valence-electron chi connectivity index (χ0n) is 38.9. The van der Waals surface area contributed by atoms with Gasteiger partial charge in [-0.25, -0.2) is 4.98 Å². The predicted octanol–water partition coefficient (Wildman–Crippen LogP) is 6.90. The van der Waals surface area contributed by atoms with Crippen LogP contribution in [0.5, 0.6) is 0 Å². The van der Waals surface area contributed by atoms with Crippen LogP contribution in [0.4, 0.5) is 0 Å². The van der Waals surface area contributed by atoms with Crippen molar-refractivity contribution < 1.29 is 30.3 Å². The maximum Gasteiger partial charge on any atom is 0.185 e. The number of aromatic nitrogens is 2. The minimum Gasteiger partial charge on any atom is -0.396 e. The Morgan fingerprint density at radius 1 is 0.938 bits per heavy atom. The van der Waals surface area contributed by atoms with Crippen LogP contribution in [0.15, 0.2) is 57.7 Å². The van der Waals surface area contributed by atoms with E-state index in [0.717, 1.165) is 44.3 Å². The topological polar surface area (TPSA) is 200 Å². The number of nitrogens with zero attached hydrogens (tertiary/aromatic N) is 3. The smallest absolute Gasteiger partial charge is 0.185 e. The van der Waals surface area contributed by atoms with E-state index < -0.39 is 40.7 Å². The molecule has 1 aromatic rings. The van der Waals surface area contributed by atoms with Gasteiger partial charge in [-0.3, -0.25) is 9.79 Å². The van der Waals surface area contributed by atoms with E-state index in [1.54, 1.807) is 33.6 Å². The van der Waals surface area contributed by atoms with Crippen LogP contribution in [0.2, 0.25) is 0 Å². The lowest BCUT2D eigenvalue weighted by Gasteiger charge is -2.64. The fraction of sp³-hybridized carbons (Fsp3) is 0.788. The monoisotopic (exact) mass is 930 g/mol. The fourth-order valence-corrected chi connectivity index (χ4v) is 21.3. The van der Waals surface area contributed by atoms with E-state index in [2.05, 4.69) is 41.5 Å². The Bertz CT molecular complexity index is 2180. The van der Waals surface area contributed by atoms with E-state index in [1.807, 2.05) is 23.3 Å². The molecule has 1 aromatic heterocycles. The predicted molar refractivity (Wildman–Crippen MR) is 256 cm³/mol. The summed E-state index contributed by atoms with van der Waals surface area (Å²) in [7, 11) is 3.64. The zero-order valence-corrected chi connectivity index (χ0v) is 40.5. The van der Waals surface area contributed by atoms with Gasteiger partial charge in [0, 0.05) is 65.6 Å².